The van der Waals surface area contributed by atoms with E-state index in [0.29, 0.717) is 32.7 Å². The van der Waals surface area contributed by atoms with Crippen LogP contribution in [0.3, 0.4) is 0 Å². The van der Waals surface area contributed by atoms with Gasteiger partial charge in [0, 0.05) is 50.7 Å². The largest absolute Gasteiger partial charge is 0.445 e. The molecule has 0 N–H and O–H groups in total. The van der Waals surface area contributed by atoms with E-state index in [2.05, 4.69) is 4.90 Å². The number of hydrogen-bond donors (Lipinski definition) is 0. The standard InChI is InChI=1S/C33H37F2N3O4/c1-33(2,3)42-32(40)37-20-28-19-36(31(39)41-22-23-7-5-4-6-8-23)17-18-38(28)29(21-37)30(24-9-13-26(34)14-10-24)25-11-15-27(35)16-12-25/h4-16,28-30H,17-22H2,1-3H3/t28-,29-/m0/s1. The molecule has 0 spiro atoms. The minimum atomic E-state index is -0.684. The van der Waals surface area contributed by atoms with Crippen LogP contribution in [0.5, 0.6) is 0 Å². The van der Waals surface area contributed by atoms with Gasteiger partial charge in [-0.2, -0.15) is 0 Å². The molecule has 2 saturated heterocycles. The number of ether oxygens (including phenoxy) is 2. The van der Waals surface area contributed by atoms with Gasteiger partial charge in [-0.1, -0.05) is 54.6 Å². The van der Waals surface area contributed by atoms with Crippen molar-refractivity contribution >= 4 is 12.2 Å². The van der Waals surface area contributed by atoms with Crippen molar-refractivity contribution in [2.45, 2.75) is 51.0 Å². The first-order valence-corrected chi connectivity index (χ1v) is 14.3. The predicted octanol–water partition coefficient (Wildman–Crippen LogP) is 6.04. The summed E-state index contributed by atoms with van der Waals surface area (Å²) in [4.78, 5) is 32.1. The first kappa shape index (κ1) is 29.5. The summed E-state index contributed by atoms with van der Waals surface area (Å²) in [5.74, 6) is -0.997. The van der Waals surface area contributed by atoms with E-state index in [0.717, 1.165) is 16.7 Å². The SMILES string of the molecule is CC(C)(C)OC(=O)N1C[C@@H]2CN(C(=O)OCc3ccccc3)CCN2[C@H](C(c2ccc(F)cc2)c2ccc(F)cc2)C1. The Morgan fingerprint density at radius 1 is 0.786 bits per heavy atom. The number of piperazine rings is 2. The van der Waals surface area contributed by atoms with E-state index in [1.54, 1.807) is 34.1 Å². The number of carbonyl (C=O) groups excluding carboxylic acids is 2. The van der Waals surface area contributed by atoms with Gasteiger partial charge in [-0.05, 0) is 61.7 Å². The highest BCUT2D eigenvalue weighted by Gasteiger charge is 2.45. The number of rotatable bonds is 5. The van der Waals surface area contributed by atoms with Crippen LogP contribution in [-0.2, 0) is 16.1 Å². The Balaban J connectivity index is 1.44. The van der Waals surface area contributed by atoms with Crippen molar-refractivity contribution in [1.82, 2.24) is 14.7 Å². The van der Waals surface area contributed by atoms with Gasteiger partial charge in [-0.25, -0.2) is 18.4 Å². The van der Waals surface area contributed by atoms with Crippen LogP contribution in [-0.4, -0.2) is 77.3 Å². The van der Waals surface area contributed by atoms with E-state index in [1.807, 2.05) is 51.1 Å². The van der Waals surface area contributed by atoms with Gasteiger partial charge < -0.3 is 19.3 Å². The van der Waals surface area contributed by atoms with E-state index >= 15 is 0 Å². The summed E-state index contributed by atoms with van der Waals surface area (Å²) in [5, 5.41) is 0. The lowest BCUT2D eigenvalue weighted by Crippen LogP contribution is -2.68. The summed E-state index contributed by atoms with van der Waals surface area (Å²) in [6.45, 7) is 7.73. The Morgan fingerprint density at radius 2 is 1.36 bits per heavy atom. The summed E-state index contributed by atoms with van der Waals surface area (Å²) >= 11 is 0. The molecule has 2 amide bonds. The Bertz CT molecular complexity index is 1320. The van der Waals surface area contributed by atoms with Crippen LogP contribution in [0, 0.1) is 11.6 Å². The molecule has 2 atom stereocenters. The summed E-state index contributed by atoms with van der Waals surface area (Å²) < 4.78 is 39.3. The lowest BCUT2D eigenvalue weighted by Gasteiger charge is -2.53. The van der Waals surface area contributed by atoms with Gasteiger partial charge in [-0.15, -0.1) is 0 Å². The molecule has 0 saturated carbocycles. The van der Waals surface area contributed by atoms with Gasteiger partial charge in [0.1, 0.15) is 23.8 Å². The molecular formula is C33H37F2N3O4. The molecule has 2 aliphatic rings. The average Bonchev–Trinajstić information content (AvgIpc) is 2.97. The van der Waals surface area contributed by atoms with Crippen molar-refractivity contribution in [3.63, 3.8) is 0 Å². The quantitative estimate of drug-likeness (QED) is 0.370. The zero-order valence-electron chi connectivity index (χ0n) is 24.2. The molecule has 0 unspecified atom stereocenters. The molecule has 5 rings (SSSR count). The van der Waals surface area contributed by atoms with Gasteiger partial charge in [0.05, 0.1) is 0 Å². The summed E-state index contributed by atoms with van der Waals surface area (Å²) in [6.07, 6.45) is -0.842. The van der Waals surface area contributed by atoms with Crippen LogP contribution < -0.4 is 0 Å². The molecular weight excluding hydrogens is 540 g/mol. The highest BCUT2D eigenvalue weighted by molar-refractivity contribution is 5.69. The molecule has 3 aromatic rings. The number of hydrogen-bond acceptors (Lipinski definition) is 5. The lowest BCUT2D eigenvalue weighted by molar-refractivity contribution is -0.0417. The zero-order chi connectivity index (χ0) is 29.9. The zero-order valence-corrected chi connectivity index (χ0v) is 24.2. The van der Waals surface area contributed by atoms with Gasteiger partial charge in [-0.3, -0.25) is 4.90 Å². The maximum Gasteiger partial charge on any atom is 0.410 e. The first-order chi connectivity index (χ1) is 20.1. The maximum atomic E-state index is 14.0. The molecule has 2 aliphatic heterocycles. The third-order valence-corrected chi connectivity index (χ3v) is 7.75. The fraction of sp³-hybridized carbons (Fsp3) is 0.394. The van der Waals surface area contributed by atoms with Crippen molar-refractivity contribution < 1.29 is 27.8 Å². The van der Waals surface area contributed by atoms with Crippen molar-refractivity contribution in [2.75, 3.05) is 32.7 Å². The van der Waals surface area contributed by atoms with Crippen LogP contribution in [0.1, 0.15) is 43.4 Å². The van der Waals surface area contributed by atoms with Gasteiger partial charge in [0.25, 0.3) is 0 Å². The molecule has 42 heavy (non-hydrogen) atoms. The minimum absolute atomic E-state index is 0.175. The Morgan fingerprint density at radius 3 is 1.93 bits per heavy atom. The van der Waals surface area contributed by atoms with Gasteiger partial charge >= 0.3 is 12.2 Å². The molecule has 0 radical (unpaired) electrons. The highest BCUT2D eigenvalue weighted by atomic mass is 19.1. The Kier molecular flexibility index (Phi) is 8.77. The van der Waals surface area contributed by atoms with Gasteiger partial charge in [0.15, 0.2) is 0 Å². The van der Waals surface area contributed by atoms with Crippen molar-refractivity contribution in [3.8, 4) is 0 Å². The third kappa shape index (κ3) is 7.07. The third-order valence-electron chi connectivity index (χ3n) is 7.75. The summed E-state index contributed by atoms with van der Waals surface area (Å²) in [7, 11) is 0. The van der Waals surface area contributed by atoms with Crippen molar-refractivity contribution in [3.05, 3.63) is 107 Å². The fourth-order valence-electron chi connectivity index (χ4n) is 5.85. The fourth-order valence-corrected chi connectivity index (χ4v) is 5.85. The second-order valence-corrected chi connectivity index (χ2v) is 11.9. The molecule has 0 aliphatic carbocycles. The molecule has 0 bridgehead atoms. The predicted molar refractivity (Wildman–Crippen MR) is 155 cm³/mol. The monoisotopic (exact) mass is 577 g/mol. The second-order valence-electron chi connectivity index (χ2n) is 11.9. The molecule has 2 heterocycles. The lowest BCUT2D eigenvalue weighted by atomic mass is 9.81. The van der Waals surface area contributed by atoms with Crippen molar-refractivity contribution in [1.29, 1.82) is 0 Å². The van der Waals surface area contributed by atoms with Crippen LogP contribution >= 0.6 is 0 Å². The number of fused-ring (bicyclic) bond motifs is 1. The maximum absolute atomic E-state index is 14.0. The molecule has 0 aromatic heterocycles. The van der Waals surface area contributed by atoms with Crippen LogP contribution in [0.2, 0.25) is 0 Å². The number of halogens is 2. The highest BCUT2D eigenvalue weighted by Crippen LogP contribution is 2.36. The molecule has 7 nitrogen and oxygen atoms in total. The van der Waals surface area contributed by atoms with Crippen LogP contribution in [0.4, 0.5) is 18.4 Å². The van der Waals surface area contributed by atoms with Crippen molar-refractivity contribution in [2.24, 2.45) is 0 Å². The summed E-state index contributed by atoms with van der Waals surface area (Å²) in [6, 6.07) is 21.7. The van der Waals surface area contributed by atoms with Crippen LogP contribution in [0.25, 0.3) is 0 Å². The van der Waals surface area contributed by atoms with Gasteiger partial charge in [0.2, 0.25) is 0 Å². The molecule has 9 heteroatoms. The normalized spacial score (nSPS) is 19.4. The first-order valence-electron chi connectivity index (χ1n) is 14.3. The van der Waals surface area contributed by atoms with E-state index in [9.17, 15) is 18.4 Å². The smallest absolute Gasteiger partial charge is 0.410 e. The number of amides is 2. The van der Waals surface area contributed by atoms with E-state index < -0.39 is 17.8 Å². The van der Waals surface area contributed by atoms with E-state index in [-0.39, 0.29) is 36.2 Å². The van der Waals surface area contributed by atoms with E-state index in [4.69, 9.17) is 9.47 Å². The topological polar surface area (TPSA) is 62.3 Å². The average molecular weight is 578 g/mol. The minimum Gasteiger partial charge on any atom is -0.445 e. The van der Waals surface area contributed by atoms with Crippen LogP contribution in [0.15, 0.2) is 78.9 Å². The Labute approximate surface area is 245 Å². The second kappa shape index (κ2) is 12.5. The number of carbonyl (C=O) groups is 2. The molecule has 3 aromatic carbocycles. The number of nitrogens with zero attached hydrogens (tertiary/aromatic N) is 3. The number of benzene rings is 3. The molecule has 222 valence electrons. The Hall–Kier alpha value is -3.98. The van der Waals surface area contributed by atoms with E-state index in [1.165, 1.54) is 24.3 Å². The molecule has 2 fully saturated rings. The summed E-state index contributed by atoms with van der Waals surface area (Å²) in [5.41, 5.74) is 1.92.